The van der Waals surface area contributed by atoms with Crippen LogP contribution < -0.4 is 16.0 Å². The smallest absolute Gasteiger partial charge is 0.255 e. The van der Waals surface area contributed by atoms with Gasteiger partial charge in [0.1, 0.15) is 11.5 Å². The number of rotatable bonds is 8. The topological polar surface area (TPSA) is 82.2 Å². The molecule has 1 unspecified atom stereocenters. The lowest BCUT2D eigenvalue weighted by Gasteiger charge is -2.30. The first-order chi connectivity index (χ1) is 17.5. The van der Waals surface area contributed by atoms with Crippen LogP contribution in [-0.4, -0.2) is 47.0 Å². The van der Waals surface area contributed by atoms with Crippen LogP contribution in [0.3, 0.4) is 0 Å². The van der Waals surface area contributed by atoms with E-state index in [0.717, 1.165) is 18.5 Å². The van der Waals surface area contributed by atoms with Gasteiger partial charge in [-0.1, -0.05) is 6.07 Å². The summed E-state index contributed by atoms with van der Waals surface area (Å²) in [7, 11) is 4.26. The molecule has 8 heteroatoms. The van der Waals surface area contributed by atoms with Gasteiger partial charge in [-0.05, 0) is 96.4 Å². The van der Waals surface area contributed by atoms with Gasteiger partial charge in [-0.15, -0.1) is 0 Å². The van der Waals surface area contributed by atoms with E-state index >= 15 is 0 Å². The number of amides is 1. The van der Waals surface area contributed by atoms with E-state index < -0.39 is 5.67 Å². The number of likely N-dealkylation sites (N-methyl/N-ethyl adjacent to an activating group) is 1. The number of pyridine rings is 2. The molecule has 0 saturated carbocycles. The number of anilines is 4. The fourth-order valence-corrected chi connectivity index (χ4v) is 4.54. The maximum Gasteiger partial charge on any atom is 0.255 e. The summed E-state index contributed by atoms with van der Waals surface area (Å²) >= 11 is 0. The molecule has 1 aliphatic rings. The van der Waals surface area contributed by atoms with Gasteiger partial charge in [0.25, 0.3) is 5.91 Å². The number of aryl methyl sites for hydroxylation is 1. The number of benzene rings is 1. The second-order valence-corrected chi connectivity index (χ2v) is 10.7. The van der Waals surface area contributed by atoms with Crippen LogP contribution >= 0.6 is 0 Å². The fraction of sp³-hybridized carbons (Fsp3) is 0.414. The first-order valence-electron chi connectivity index (χ1n) is 12.8. The molecule has 2 heterocycles. The standard InChI is InChI=1S/C29H37FN6O/c1-18(2)33-28(37)24-17-32-27(16-25(24)34-22-11-12-31-26(15-22)29(3,4)30)35-21-9-7-19-8-10-23(36(5)6)14-20(19)13-21/h7,9,11-13,15-18,23H,8,10,14H2,1-6H3,(H,33,37)(H2,31,32,34,35). The van der Waals surface area contributed by atoms with Gasteiger partial charge in [0.15, 0.2) is 0 Å². The van der Waals surface area contributed by atoms with Crippen molar-refractivity contribution in [1.29, 1.82) is 0 Å². The summed E-state index contributed by atoms with van der Waals surface area (Å²) in [6, 6.07) is 12.2. The molecule has 1 amide bonds. The Morgan fingerprint density at radius 2 is 1.81 bits per heavy atom. The molecule has 0 spiro atoms. The minimum absolute atomic E-state index is 0.0282. The minimum atomic E-state index is -1.58. The summed E-state index contributed by atoms with van der Waals surface area (Å²) < 4.78 is 14.5. The molecule has 196 valence electrons. The van der Waals surface area contributed by atoms with Gasteiger partial charge in [0.2, 0.25) is 0 Å². The zero-order valence-electron chi connectivity index (χ0n) is 22.5. The average molecular weight is 505 g/mol. The number of fused-ring (bicyclic) bond motifs is 1. The van der Waals surface area contributed by atoms with Crippen LogP contribution in [0.1, 0.15) is 61.3 Å². The molecular formula is C29H37FN6O. The number of halogens is 1. The Kier molecular flexibility index (Phi) is 7.78. The number of aromatic nitrogens is 2. The van der Waals surface area contributed by atoms with E-state index in [2.05, 4.69) is 63.1 Å². The third kappa shape index (κ3) is 6.63. The van der Waals surface area contributed by atoms with Crippen LogP contribution in [0.25, 0.3) is 0 Å². The summed E-state index contributed by atoms with van der Waals surface area (Å²) in [5, 5.41) is 9.60. The molecule has 0 saturated heterocycles. The van der Waals surface area contributed by atoms with Gasteiger partial charge in [0, 0.05) is 41.9 Å². The number of alkyl halides is 1. The number of carbonyl (C=O) groups excluding carboxylic acids is 1. The van der Waals surface area contributed by atoms with Crippen LogP contribution in [0, 0.1) is 0 Å². The van der Waals surface area contributed by atoms with Gasteiger partial charge in [-0.25, -0.2) is 9.37 Å². The zero-order chi connectivity index (χ0) is 26.7. The van der Waals surface area contributed by atoms with Gasteiger partial charge in [-0.3, -0.25) is 9.78 Å². The number of hydrogen-bond acceptors (Lipinski definition) is 6. The predicted molar refractivity (Wildman–Crippen MR) is 148 cm³/mol. The molecule has 0 radical (unpaired) electrons. The molecule has 4 rings (SSSR count). The third-order valence-electron chi connectivity index (χ3n) is 6.63. The van der Waals surface area contributed by atoms with Crippen LogP contribution in [-0.2, 0) is 18.5 Å². The van der Waals surface area contributed by atoms with Crippen LogP contribution in [0.5, 0.6) is 0 Å². The van der Waals surface area contributed by atoms with Gasteiger partial charge < -0.3 is 20.9 Å². The normalized spacial score (nSPS) is 15.4. The maximum atomic E-state index is 14.5. The van der Waals surface area contributed by atoms with Crippen molar-refractivity contribution in [2.45, 2.75) is 64.7 Å². The molecule has 7 nitrogen and oxygen atoms in total. The molecular weight excluding hydrogens is 467 g/mol. The Bertz CT molecular complexity index is 1270. The molecule has 0 aliphatic heterocycles. The fourth-order valence-electron chi connectivity index (χ4n) is 4.54. The molecule has 0 bridgehead atoms. The number of nitrogens with one attached hydrogen (secondary N) is 3. The summed E-state index contributed by atoms with van der Waals surface area (Å²) in [5.74, 6) is 0.365. The largest absolute Gasteiger partial charge is 0.355 e. The van der Waals surface area contributed by atoms with Crippen molar-refractivity contribution < 1.29 is 9.18 Å². The van der Waals surface area contributed by atoms with E-state index in [4.69, 9.17) is 0 Å². The van der Waals surface area contributed by atoms with E-state index in [1.54, 1.807) is 30.6 Å². The highest BCUT2D eigenvalue weighted by molar-refractivity contribution is 6.00. The van der Waals surface area contributed by atoms with E-state index in [9.17, 15) is 9.18 Å². The van der Waals surface area contributed by atoms with Crippen molar-refractivity contribution in [2.75, 3.05) is 24.7 Å². The molecule has 37 heavy (non-hydrogen) atoms. The Morgan fingerprint density at radius 1 is 1.05 bits per heavy atom. The summed E-state index contributed by atoms with van der Waals surface area (Å²) in [6.07, 6.45) is 6.38. The lowest BCUT2D eigenvalue weighted by atomic mass is 9.87. The van der Waals surface area contributed by atoms with Crippen molar-refractivity contribution in [3.8, 4) is 0 Å². The maximum absolute atomic E-state index is 14.5. The Hall–Kier alpha value is -3.52. The molecule has 3 aromatic rings. The summed E-state index contributed by atoms with van der Waals surface area (Å²) in [6.45, 7) is 6.75. The molecule has 3 N–H and O–H groups in total. The first kappa shape index (κ1) is 26.5. The quantitative estimate of drug-likeness (QED) is 0.364. The second-order valence-electron chi connectivity index (χ2n) is 10.7. The average Bonchev–Trinajstić information content (AvgIpc) is 2.83. The van der Waals surface area contributed by atoms with Crippen LogP contribution in [0.4, 0.5) is 27.3 Å². The van der Waals surface area contributed by atoms with E-state index in [-0.39, 0.29) is 11.9 Å². The molecule has 1 atom stereocenters. The van der Waals surface area contributed by atoms with E-state index in [0.29, 0.717) is 34.5 Å². The van der Waals surface area contributed by atoms with Crippen molar-refractivity contribution in [2.24, 2.45) is 0 Å². The monoisotopic (exact) mass is 504 g/mol. The second kappa shape index (κ2) is 10.8. The Labute approximate surface area is 218 Å². The number of hydrogen-bond donors (Lipinski definition) is 3. The van der Waals surface area contributed by atoms with Crippen molar-refractivity contribution >= 4 is 28.8 Å². The van der Waals surface area contributed by atoms with Crippen molar-refractivity contribution in [1.82, 2.24) is 20.2 Å². The van der Waals surface area contributed by atoms with Crippen molar-refractivity contribution in [3.05, 3.63) is 71.2 Å². The highest BCUT2D eigenvalue weighted by atomic mass is 19.1. The lowest BCUT2D eigenvalue weighted by molar-refractivity contribution is 0.0943. The van der Waals surface area contributed by atoms with Crippen molar-refractivity contribution in [3.63, 3.8) is 0 Å². The Balaban J connectivity index is 1.63. The van der Waals surface area contributed by atoms with Crippen LogP contribution in [0.15, 0.2) is 48.8 Å². The summed E-state index contributed by atoms with van der Waals surface area (Å²) in [5.41, 5.74) is 4.01. The highest BCUT2D eigenvalue weighted by Crippen LogP contribution is 2.30. The Morgan fingerprint density at radius 3 is 2.51 bits per heavy atom. The number of carbonyl (C=O) groups is 1. The molecule has 2 aromatic heterocycles. The molecule has 1 aliphatic carbocycles. The minimum Gasteiger partial charge on any atom is -0.355 e. The van der Waals surface area contributed by atoms with E-state index in [1.807, 2.05) is 13.8 Å². The van der Waals surface area contributed by atoms with E-state index in [1.165, 1.54) is 31.4 Å². The highest BCUT2D eigenvalue weighted by Gasteiger charge is 2.22. The van der Waals surface area contributed by atoms with Gasteiger partial charge in [-0.2, -0.15) is 0 Å². The molecule has 1 aromatic carbocycles. The lowest BCUT2D eigenvalue weighted by Crippen LogP contribution is -2.33. The van der Waals surface area contributed by atoms with Crippen LogP contribution in [0.2, 0.25) is 0 Å². The number of nitrogens with zero attached hydrogens (tertiary/aromatic N) is 3. The zero-order valence-corrected chi connectivity index (χ0v) is 22.5. The SMILES string of the molecule is CC(C)NC(=O)c1cnc(Nc2ccc3c(c2)CC(N(C)C)CC3)cc1Nc1ccnc(C(C)(C)F)c1. The predicted octanol–water partition coefficient (Wildman–Crippen LogP) is 5.73. The van der Waals surface area contributed by atoms with Gasteiger partial charge in [0.05, 0.1) is 16.9 Å². The third-order valence-corrected chi connectivity index (χ3v) is 6.63. The van der Waals surface area contributed by atoms with Gasteiger partial charge >= 0.3 is 0 Å². The molecule has 0 fully saturated rings. The first-order valence-corrected chi connectivity index (χ1v) is 12.8. The summed E-state index contributed by atoms with van der Waals surface area (Å²) in [4.78, 5) is 23.9.